The molecule has 2 fully saturated rings. The van der Waals surface area contributed by atoms with Crippen LogP contribution in [0.5, 0.6) is 0 Å². The Kier molecular flexibility index (Phi) is 6.49. The van der Waals surface area contributed by atoms with Gasteiger partial charge in [-0.05, 0) is 55.1 Å². The van der Waals surface area contributed by atoms with Crippen molar-refractivity contribution < 1.29 is 9.53 Å². The lowest BCUT2D eigenvalue weighted by Gasteiger charge is -2.31. The number of piperidine rings is 1. The van der Waals surface area contributed by atoms with E-state index in [2.05, 4.69) is 34.6 Å². The Morgan fingerprint density at radius 1 is 1.33 bits per heavy atom. The number of fused-ring (bicyclic) bond motifs is 3. The second-order valence-electron chi connectivity index (χ2n) is 7.59. The molecule has 148 valence electrons. The maximum Gasteiger partial charge on any atom is 0.409 e. The average molecular weight is 484 g/mol. The van der Waals surface area contributed by atoms with E-state index < -0.39 is 0 Å². The molecule has 0 aromatic heterocycles. The molecule has 0 spiro atoms. The van der Waals surface area contributed by atoms with Crippen LogP contribution >= 0.6 is 24.0 Å². The van der Waals surface area contributed by atoms with Crippen molar-refractivity contribution in [3.8, 4) is 0 Å². The Morgan fingerprint density at radius 2 is 2.07 bits per heavy atom. The first kappa shape index (κ1) is 20.2. The second kappa shape index (κ2) is 8.67. The second-order valence-corrected chi connectivity index (χ2v) is 7.59. The monoisotopic (exact) mass is 484 g/mol. The lowest BCUT2D eigenvalue weighted by atomic mass is 10.0. The number of rotatable bonds is 4. The zero-order valence-corrected chi connectivity index (χ0v) is 18.1. The molecule has 6 nitrogen and oxygen atoms in total. The molecule has 2 aliphatic carbocycles. The van der Waals surface area contributed by atoms with Gasteiger partial charge in [-0.3, -0.25) is 4.99 Å². The van der Waals surface area contributed by atoms with Crippen LogP contribution in [0.2, 0.25) is 0 Å². The topological polar surface area (TPSA) is 80.0 Å². The Morgan fingerprint density at radius 3 is 2.81 bits per heavy atom. The molecule has 7 heteroatoms. The van der Waals surface area contributed by atoms with Gasteiger partial charge in [-0.25, -0.2) is 4.79 Å². The summed E-state index contributed by atoms with van der Waals surface area (Å²) in [7, 11) is 0. The summed E-state index contributed by atoms with van der Waals surface area (Å²) in [5.41, 5.74) is 9.14. The van der Waals surface area contributed by atoms with E-state index in [1.807, 2.05) is 6.92 Å². The largest absolute Gasteiger partial charge is 0.450 e. The molecule has 0 radical (unpaired) electrons. The predicted octanol–water partition coefficient (Wildman–Crippen LogP) is 2.72. The van der Waals surface area contributed by atoms with E-state index >= 15 is 0 Å². The van der Waals surface area contributed by atoms with Crippen LogP contribution in [-0.2, 0) is 11.2 Å². The van der Waals surface area contributed by atoms with Crippen LogP contribution in [-0.4, -0.2) is 49.2 Å². The number of aliphatic imine (C=N–C) groups is 1. The molecule has 1 heterocycles. The van der Waals surface area contributed by atoms with Gasteiger partial charge in [0.25, 0.3) is 0 Å². The number of hydrogen-bond donors (Lipinski definition) is 2. The number of nitrogens with zero attached hydrogens (tertiary/aromatic N) is 2. The van der Waals surface area contributed by atoms with Crippen molar-refractivity contribution in [1.82, 2.24) is 10.2 Å². The molecule has 3 atom stereocenters. The van der Waals surface area contributed by atoms with Gasteiger partial charge in [0.05, 0.1) is 6.61 Å². The number of halogens is 1. The Bertz CT molecular complexity index is 703. The Balaban J connectivity index is 0.00000210. The minimum absolute atomic E-state index is 0. The van der Waals surface area contributed by atoms with Gasteiger partial charge in [-0.15, -0.1) is 24.0 Å². The molecule has 1 saturated carbocycles. The average Bonchev–Trinajstić information content (AvgIpc) is 3.19. The lowest BCUT2D eigenvalue weighted by Crippen LogP contribution is -2.48. The molecule has 3 N–H and O–H groups in total. The summed E-state index contributed by atoms with van der Waals surface area (Å²) < 4.78 is 5.05. The number of carbonyl (C=O) groups excluding carboxylic acids is 1. The third-order valence-corrected chi connectivity index (χ3v) is 6.05. The van der Waals surface area contributed by atoms with Gasteiger partial charge in [0.2, 0.25) is 0 Å². The van der Waals surface area contributed by atoms with Gasteiger partial charge in [0.1, 0.15) is 0 Å². The number of guanidine groups is 1. The van der Waals surface area contributed by atoms with E-state index in [4.69, 9.17) is 10.5 Å². The van der Waals surface area contributed by atoms with E-state index in [1.54, 1.807) is 4.90 Å². The molecule has 3 aliphatic rings. The van der Waals surface area contributed by atoms with Crippen LogP contribution in [0.15, 0.2) is 29.3 Å². The summed E-state index contributed by atoms with van der Waals surface area (Å²) in [6, 6.07) is 9.07. The number of carbonyl (C=O) groups is 1. The molecule has 1 aromatic rings. The van der Waals surface area contributed by atoms with Crippen LogP contribution in [0.25, 0.3) is 0 Å². The number of nitrogens with two attached hydrogens (primary N) is 1. The molecule has 27 heavy (non-hydrogen) atoms. The molecule has 4 rings (SSSR count). The smallest absolute Gasteiger partial charge is 0.409 e. The van der Waals surface area contributed by atoms with Gasteiger partial charge in [0, 0.05) is 25.7 Å². The first-order chi connectivity index (χ1) is 12.7. The van der Waals surface area contributed by atoms with E-state index in [9.17, 15) is 4.79 Å². The minimum atomic E-state index is -0.215. The number of amides is 1. The minimum Gasteiger partial charge on any atom is -0.450 e. The van der Waals surface area contributed by atoms with Crippen molar-refractivity contribution in [2.24, 2.45) is 22.6 Å². The first-order valence-corrected chi connectivity index (χ1v) is 9.73. The van der Waals surface area contributed by atoms with Crippen LogP contribution in [0.1, 0.15) is 36.8 Å². The van der Waals surface area contributed by atoms with Crippen LogP contribution in [0.3, 0.4) is 0 Å². The molecule has 1 amide bonds. The highest BCUT2D eigenvalue weighted by molar-refractivity contribution is 14.0. The van der Waals surface area contributed by atoms with Crippen LogP contribution < -0.4 is 11.1 Å². The standard InChI is InChI=1S/C20H28N4O2.HI/c1-2-26-20(25)24-9-7-14(8-10-24)23-19(21)22-12-17-16-11-13-5-3-4-6-15(13)18(16)17;/h3-6,14,16-18H,2,7-12H2,1H3,(H3,21,22,23);1H. The van der Waals surface area contributed by atoms with Gasteiger partial charge < -0.3 is 20.7 Å². The highest BCUT2D eigenvalue weighted by atomic mass is 127. The van der Waals surface area contributed by atoms with Gasteiger partial charge in [-0.1, -0.05) is 24.3 Å². The van der Waals surface area contributed by atoms with E-state index in [1.165, 1.54) is 17.5 Å². The lowest BCUT2D eigenvalue weighted by molar-refractivity contribution is 0.0963. The first-order valence-electron chi connectivity index (χ1n) is 9.73. The molecule has 1 aliphatic heterocycles. The van der Waals surface area contributed by atoms with Gasteiger partial charge in [0.15, 0.2) is 5.96 Å². The van der Waals surface area contributed by atoms with E-state index in [-0.39, 0.29) is 36.1 Å². The highest BCUT2D eigenvalue weighted by Crippen LogP contribution is 2.61. The maximum absolute atomic E-state index is 11.7. The zero-order chi connectivity index (χ0) is 18.1. The van der Waals surface area contributed by atoms with Crippen molar-refractivity contribution in [1.29, 1.82) is 0 Å². The van der Waals surface area contributed by atoms with Gasteiger partial charge in [-0.2, -0.15) is 0 Å². The Hall–Kier alpha value is -1.51. The van der Waals surface area contributed by atoms with Gasteiger partial charge >= 0.3 is 6.09 Å². The summed E-state index contributed by atoms with van der Waals surface area (Å²) >= 11 is 0. The molecular weight excluding hydrogens is 455 g/mol. The zero-order valence-electron chi connectivity index (χ0n) is 15.8. The van der Waals surface area contributed by atoms with Crippen molar-refractivity contribution in [3.63, 3.8) is 0 Å². The van der Waals surface area contributed by atoms with Crippen LogP contribution in [0.4, 0.5) is 4.79 Å². The molecule has 3 unspecified atom stereocenters. The number of hydrogen-bond acceptors (Lipinski definition) is 3. The molecule has 1 aromatic carbocycles. The predicted molar refractivity (Wildman–Crippen MR) is 117 cm³/mol. The summed E-state index contributed by atoms with van der Waals surface area (Å²) in [5.74, 6) is 2.64. The Labute approximate surface area is 177 Å². The summed E-state index contributed by atoms with van der Waals surface area (Å²) in [6.45, 7) is 4.46. The molecular formula is C20H29IN4O2. The third kappa shape index (κ3) is 4.33. The van der Waals surface area contributed by atoms with Crippen molar-refractivity contribution in [2.45, 2.75) is 38.1 Å². The number of ether oxygens (including phenoxy) is 1. The van der Waals surface area contributed by atoms with Crippen molar-refractivity contribution in [2.75, 3.05) is 26.2 Å². The SMILES string of the molecule is CCOC(=O)N1CCC(NC(N)=NCC2C3Cc4ccccc4C23)CC1.I. The molecule has 1 saturated heterocycles. The number of benzene rings is 1. The third-order valence-electron chi connectivity index (χ3n) is 6.05. The summed E-state index contributed by atoms with van der Waals surface area (Å²) in [4.78, 5) is 18.1. The van der Waals surface area contributed by atoms with Crippen molar-refractivity contribution >= 4 is 36.0 Å². The maximum atomic E-state index is 11.7. The van der Waals surface area contributed by atoms with E-state index in [0.29, 0.717) is 37.5 Å². The fraction of sp³-hybridized carbons (Fsp3) is 0.600. The number of likely N-dealkylation sites (tertiary alicyclic amines) is 1. The quantitative estimate of drug-likeness (QED) is 0.392. The number of nitrogens with one attached hydrogen (secondary N) is 1. The normalized spacial score (nSPS) is 26.6. The summed E-state index contributed by atoms with van der Waals surface area (Å²) in [5, 5.41) is 3.33. The summed E-state index contributed by atoms with van der Waals surface area (Å²) in [6.07, 6.45) is 2.72. The highest BCUT2D eigenvalue weighted by Gasteiger charge is 2.54. The fourth-order valence-electron chi connectivity index (χ4n) is 4.61. The van der Waals surface area contributed by atoms with Crippen LogP contribution in [0, 0.1) is 11.8 Å². The fourth-order valence-corrected chi connectivity index (χ4v) is 4.61. The van der Waals surface area contributed by atoms with E-state index in [0.717, 1.165) is 25.3 Å². The molecule has 0 bridgehead atoms. The van der Waals surface area contributed by atoms with Crippen molar-refractivity contribution in [3.05, 3.63) is 35.4 Å².